The van der Waals surface area contributed by atoms with Crippen LogP contribution in [0.1, 0.15) is 31.2 Å². The van der Waals surface area contributed by atoms with Crippen molar-refractivity contribution < 1.29 is 9.13 Å². The molecule has 5 nitrogen and oxygen atoms in total. The van der Waals surface area contributed by atoms with Crippen molar-refractivity contribution in [2.75, 3.05) is 32.5 Å². The number of aromatic nitrogens is 3. The van der Waals surface area contributed by atoms with E-state index in [-0.39, 0.29) is 18.2 Å². The third-order valence-corrected chi connectivity index (χ3v) is 7.28. The second-order valence-electron chi connectivity index (χ2n) is 8.32. The Kier molecular flexibility index (Phi) is 9.18. The number of thioether (sulfide) groups is 1. The van der Waals surface area contributed by atoms with Gasteiger partial charge in [0, 0.05) is 30.5 Å². The molecule has 8 heteroatoms. The Morgan fingerprint density at radius 1 is 1.18 bits per heavy atom. The van der Waals surface area contributed by atoms with Gasteiger partial charge in [0.05, 0.1) is 7.11 Å². The van der Waals surface area contributed by atoms with E-state index in [1.807, 2.05) is 25.2 Å². The van der Waals surface area contributed by atoms with Crippen LogP contribution in [0.25, 0.3) is 11.4 Å². The molecule has 0 saturated heterocycles. The lowest BCUT2D eigenvalue weighted by Crippen LogP contribution is -2.27. The maximum absolute atomic E-state index is 13.7. The normalized spacial score (nSPS) is 17.1. The zero-order valence-corrected chi connectivity index (χ0v) is 21.0. The summed E-state index contributed by atoms with van der Waals surface area (Å²) >= 11 is 1.76. The highest BCUT2D eigenvalue weighted by Crippen LogP contribution is 2.50. The first-order valence-corrected chi connectivity index (χ1v) is 12.2. The maximum atomic E-state index is 13.7. The van der Waals surface area contributed by atoms with Gasteiger partial charge >= 0.3 is 0 Å². The average Bonchev–Trinajstić information content (AvgIpc) is 3.49. The summed E-state index contributed by atoms with van der Waals surface area (Å²) in [7, 11) is 3.68. The summed E-state index contributed by atoms with van der Waals surface area (Å²) in [6.45, 7) is 5.34. The van der Waals surface area contributed by atoms with Crippen molar-refractivity contribution in [3.8, 4) is 17.1 Å². The van der Waals surface area contributed by atoms with E-state index in [9.17, 15) is 4.39 Å². The summed E-state index contributed by atoms with van der Waals surface area (Å²) in [6, 6.07) is 15.0. The molecule has 1 heterocycles. The molecule has 33 heavy (non-hydrogen) atoms. The van der Waals surface area contributed by atoms with Crippen LogP contribution in [0.4, 0.5) is 4.39 Å². The van der Waals surface area contributed by atoms with Gasteiger partial charge in [-0.05, 0) is 56.0 Å². The van der Waals surface area contributed by atoms with E-state index in [1.165, 1.54) is 6.07 Å². The number of hydrogen-bond donors (Lipinski definition) is 0. The predicted molar refractivity (Wildman–Crippen MR) is 135 cm³/mol. The number of rotatable bonds is 11. The summed E-state index contributed by atoms with van der Waals surface area (Å²) in [5.74, 6) is 3.50. The number of methoxy groups -OCH3 is 1. The Balaban J connectivity index is 0.00000306. The van der Waals surface area contributed by atoms with Gasteiger partial charge in [-0.1, -0.05) is 49.0 Å². The van der Waals surface area contributed by atoms with Crippen LogP contribution in [0.2, 0.25) is 0 Å². The Morgan fingerprint density at radius 3 is 2.70 bits per heavy atom. The van der Waals surface area contributed by atoms with Gasteiger partial charge in [-0.3, -0.25) is 0 Å². The first-order chi connectivity index (χ1) is 15.6. The Morgan fingerprint density at radius 2 is 1.97 bits per heavy atom. The van der Waals surface area contributed by atoms with Gasteiger partial charge in [-0.15, -0.1) is 22.6 Å². The molecule has 1 saturated carbocycles. The van der Waals surface area contributed by atoms with Crippen LogP contribution >= 0.6 is 24.2 Å². The van der Waals surface area contributed by atoms with Gasteiger partial charge in [0.25, 0.3) is 0 Å². The molecule has 2 atom stereocenters. The Hall–Kier alpha value is -2.09. The largest absolute Gasteiger partial charge is 0.496 e. The smallest absolute Gasteiger partial charge is 0.191 e. The zero-order valence-electron chi connectivity index (χ0n) is 19.4. The van der Waals surface area contributed by atoms with E-state index in [4.69, 9.17) is 4.74 Å². The van der Waals surface area contributed by atoms with Crippen molar-refractivity contribution >= 4 is 24.2 Å². The Bertz CT molecular complexity index is 1030. The molecule has 0 radical (unpaired) electrons. The molecule has 0 bridgehead atoms. The SMILES string of the molecule is CCN(CCCSc1nnc(-c2ccccc2)n1C)CC1CC1c1cc(F)ccc1OC.Cl. The van der Waals surface area contributed by atoms with E-state index in [0.29, 0.717) is 11.8 Å². The molecule has 4 rings (SSSR count). The molecular formula is C25H32ClFN4OS. The molecule has 1 aromatic heterocycles. The minimum Gasteiger partial charge on any atom is -0.496 e. The number of nitrogens with zero attached hydrogens (tertiary/aromatic N) is 4. The van der Waals surface area contributed by atoms with Crippen molar-refractivity contribution in [2.24, 2.45) is 13.0 Å². The van der Waals surface area contributed by atoms with Crippen LogP contribution in [-0.4, -0.2) is 52.2 Å². The van der Waals surface area contributed by atoms with E-state index >= 15 is 0 Å². The third kappa shape index (κ3) is 6.28. The lowest BCUT2D eigenvalue weighted by molar-refractivity contribution is 0.275. The van der Waals surface area contributed by atoms with Gasteiger partial charge in [-0.2, -0.15) is 0 Å². The summed E-state index contributed by atoms with van der Waals surface area (Å²) in [5.41, 5.74) is 2.10. The highest BCUT2D eigenvalue weighted by Gasteiger charge is 2.40. The van der Waals surface area contributed by atoms with Crippen LogP contribution < -0.4 is 4.74 Å². The van der Waals surface area contributed by atoms with Gasteiger partial charge in [-0.25, -0.2) is 4.39 Å². The van der Waals surface area contributed by atoms with Crippen molar-refractivity contribution in [3.63, 3.8) is 0 Å². The van der Waals surface area contributed by atoms with Gasteiger partial charge in [0.1, 0.15) is 11.6 Å². The molecule has 1 aliphatic rings. The summed E-state index contributed by atoms with van der Waals surface area (Å²) in [5, 5.41) is 9.69. The molecule has 2 unspecified atom stereocenters. The second kappa shape index (κ2) is 11.9. The fraction of sp³-hybridized carbons (Fsp3) is 0.440. The van der Waals surface area contributed by atoms with E-state index < -0.39 is 0 Å². The number of ether oxygens (including phenoxy) is 1. The predicted octanol–water partition coefficient (Wildman–Crippen LogP) is 5.66. The van der Waals surface area contributed by atoms with Crippen LogP contribution in [0.5, 0.6) is 5.75 Å². The molecule has 0 N–H and O–H groups in total. The van der Waals surface area contributed by atoms with Crippen molar-refractivity contribution in [2.45, 2.75) is 30.8 Å². The Labute approximate surface area is 206 Å². The fourth-order valence-corrected chi connectivity index (χ4v) is 5.10. The minimum absolute atomic E-state index is 0. The third-order valence-electron chi connectivity index (χ3n) is 6.17. The number of benzene rings is 2. The quantitative estimate of drug-likeness (QED) is 0.256. The standard InChI is InChI=1S/C25H31FN4OS.ClH/c1-4-30(17-19-15-21(19)22-16-20(26)11-12-23(22)31-3)13-8-14-32-25-28-27-24(29(25)2)18-9-6-5-7-10-18;/h5-7,9-12,16,19,21H,4,8,13-15,17H2,1-3H3;1H. The van der Waals surface area contributed by atoms with Gasteiger partial charge < -0.3 is 14.2 Å². The van der Waals surface area contributed by atoms with Crippen molar-refractivity contribution in [1.82, 2.24) is 19.7 Å². The number of halogens is 2. The van der Waals surface area contributed by atoms with E-state index in [0.717, 1.165) is 66.1 Å². The molecule has 0 spiro atoms. The highest BCUT2D eigenvalue weighted by molar-refractivity contribution is 7.99. The van der Waals surface area contributed by atoms with E-state index in [1.54, 1.807) is 31.0 Å². The highest BCUT2D eigenvalue weighted by atomic mass is 35.5. The minimum atomic E-state index is -0.185. The molecule has 1 aliphatic carbocycles. The summed E-state index contributed by atoms with van der Waals surface area (Å²) in [4.78, 5) is 2.50. The second-order valence-corrected chi connectivity index (χ2v) is 9.38. The first-order valence-electron chi connectivity index (χ1n) is 11.2. The van der Waals surface area contributed by atoms with Crippen LogP contribution in [0, 0.1) is 11.7 Å². The first kappa shape index (κ1) is 25.5. The van der Waals surface area contributed by atoms with Gasteiger partial charge in [0.15, 0.2) is 11.0 Å². The molecule has 3 aromatic rings. The summed E-state index contributed by atoms with van der Waals surface area (Å²) < 4.78 is 21.2. The van der Waals surface area contributed by atoms with Crippen molar-refractivity contribution in [3.05, 3.63) is 59.9 Å². The van der Waals surface area contributed by atoms with Crippen LogP contribution in [-0.2, 0) is 7.05 Å². The molecular weight excluding hydrogens is 459 g/mol. The average molecular weight is 491 g/mol. The zero-order chi connectivity index (χ0) is 22.5. The lowest BCUT2D eigenvalue weighted by Gasteiger charge is -2.20. The van der Waals surface area contributed by atoms with Crippen LogP contribution in [0.15, 0.2) is 53.7 Å². The monoisotopic (exact) mass is 490 g/mol. The van der Waals surface area contributed by atoms with Crippen molar-refractivity contribution in [1.29, 1.82) is 0 Å². The lowest BCUT2D eigenvalue weighted by atomic mass is 10.1. The number of hydrogen-bond acceptors (Lipinski definition) is 5. The maximum Gasteiger partial charge on any atom is 0.191 e. The molecule has 1 fully saturated rings. The molecule has 2 aromatic carbocycles. The van der Waals surface area contributed by atoms with Gasteiger partial charge in [0.2, 0.25) is 0 Å². The molecule has 0 amide bonds. The molecule has 0 aliphatic heterocycles. The topological polar surface area (TPSA) is 43.2 Å². The summed E-state index contributed by atoms with van der Waals surface area (Å²) in [6.07, 6.45) is 2.19. The fourth-order valence-electron chi connectivity index (χ4n) is 4.27. The molecule has 178 valence electrons. The van der Waals surface area contributed by atoms with E-state index in [2.05, 4.69) is 38.7 Å². The van der Waals surface area contributed by atoms with Crippen LogP contribution in [0.3, 0.4) is 0 Å².